The Hall–Kier alpha value is -2.69. The van der Waals surface area contributed by atoms with Gasteiger partial charge in [0.15, 0.2) is 11.3 Å². The lowest BCUT2D eigenvalue weighted by atomic mass is 10.1. The zero-order valence-electron chi connectivity index (χ0n) is 11.9. The molecule has 0 aliphatic carbocycles. The average molecular weight is 281 g/mol. The zero-order valence-corrected chi connectivity index (χ0v) is 11.9. The second-order valence-electron chi connectivity index (χ2n) is 4.60. The summed E-state index contributed by atoms with van der Waals surface area (Å²) >= 11 is 0. The number of carbonyl (C=O) groups is 1. The Kier molecular flexibility index (Phi) is 3.39. The highest BCUT2D eigenvalue weighted by Gasteiger charge is 2.22. The van der Waals surface area contributed by atoms with E-state index in [0.717, 1.165) is 11.3 Å². The normalized spacial score (nSPS) is 10.8. The molecule has 3 aromatic rings. The summed E-state index contributed by atoms with van der Waals surface area (Å²) in [6, 6.07) is 9.61. The molecule has 0 amide bonds. The quantitative estimate of drug-likeness (QED) is 0.693. The number of benzene rings is 1. The second kappa shape index (κ2) is 5.36. The van der Waals surface area contributed by atoms with Crippen molar-refractivity contribution < 1.29 is 9.53 Å². The van der Waals surface area contributed by atoms with Crippen LogP contribution < -0.4 is 0 Å². The van der Waals surface area contributed by atoms with Gasteiger partial charge in [-0.3, -0.25) is 9.38 Å². The van der Waals surface area contributed by atoms with Crippen molar-refractivity contribution in [1.29, 1.82) is 0 Å². The molecule has 21 heavy (non-hydrogen) atoms. The average Bonchev–Trinajstić information content (AvgIpc) is 2.89. The van der Waals surface area contributed by atoms with Crippen molar-refractivity contribution in [2.24, 2.45) is 0 Å². The van der Waals surface area contributed by atoms with Crippen molar-refractivity contribution in [3.8, 4) is 11.3 Å². The molecule has 0 aliphatic heterocycles. The summed E-state index contributed by atoms with van der Waals surface area (Å²) in [6.45, 7) is 3.98. The number of carbonyl (C=O) groups excluding carboxylic acids is 1. The predicted octanol–water partition coefficient (Wildman–Crippen LogP) is 2.88. The van der Waals surface area contributed by atoms with Crippen molar-refractivity contribution in [2.75, 3.05) is 6.61 Å². The van der Waals surface area contributed by atoms with Gasteiger partial charge in [0, 0.05) is 18.0 Å². The number of nitrogens with zero attached hydrogens (tertiary/aromatic N) is 3. The summed E-state index contributed by atoms with van der Waals surface area (Å²) in [7, 11) is 0. The van der Waals surface area contributed by atoms with Crippen LogP contribution in [0.2, 0.25) is 0 Å². The topological polar surface area (TPSA) is 56.5 Å². The van der Waals surface area contributed by atoms with E-state index in [-0.39, 0.29) is 5.97 Å². The molecule has 1 aromatic carbocycles. The standard InChI is InChI=1S/C16H15N3O2/c1-3-21-16(20)14-13(12-7-5-4-6-8-12)18-15-11(2)17-9-10-19(14)15/h4-10H,3H2,1-2H3. The number of ether oxygens (including phenoxy) is 1. The molecule has 5 nitrogen and oxygen atoms in total. The summed E-state index contributed by atoms with van der Waals surface area (Å²) < 4.78 is 6.91. The third-order valence-corrected chi connectivity index (χ3v) is 3.23. The maximum absolute atomic E-state index is 12.3. The first-order valence-corrected chi connectivity index (χ1v) is 6.78. The lowest BCUT2D eigenvalue weighted by molar-refractivity contribution is 0.0519. The molecule has 106 valence electrons. The molecule has 0 unspecified atom stereocenters. The molecule has 2 heterocycles. The number of aryl methyl sites for hydroxylation is 1. The molecule has 0 saturated carbocycles. The molecule has 0 N–H and O–H groups in total. The van der Waals surface area contributed by atoms with Crippen LogP contribution in [-0.4, -0.2) is 26.9 Å². The SMILES string of the molecule is CCOC(=O)c1c(-c2ccccc2)nc2c(C)nccn12. The van der Waals surface area contributed by atoms with Crippen molar-refractivity contribution in [2.45, 2.75) is 13.8 Å². The van der Waals surface area contributed by atoms with Crippen LogP contribution in [0.4, 0.5) is 0 Å². The number of fused-ring (bicyclic) bond motifs is 1. The Labute approximate surface area is 122 Å². The number of imidazole rings is 1. The van der Waals surface area contributed by atoms with Crippen molar-refractivity contribution >= 4 is 11.6 Å². The summed E-state index contributed by atoms with van der Waals surface area (Å²) in [5.74, 6) is -0.380. The molecule has 0 aliphatic rings. The van der Waals surface area contributed by atoms with Gasteiger partial charge in [0.1, 0.15) is 5.69 Å². The van der Waals surface area contributed by atoms with E-state index in [0.29, 0.717) is 23.6 Å². The number of hydrogen-bond donors (Lipinski definition) is 0. The van der Waals surface area contributed by atoms with Crippen molar-refractivity contribution in [3.05, 3.63) is 54.1 Å². The molecule has 3 rings (SSSR count). The smallest absolute Gasteiger partial charge is 0.357 e. The summed E-state index contributed by atoms with van der Waals surface area (Å²) in [6.07, 6.45) is 3.38. The van der Waals surface area contributed by atoms with Crippen LogP contribution in [0, 0.1) is 6.92 Å². The fraction of sp³-hybridized carbons (Fsp3) is 0.188. The van der Waals surface area contributed by atoms with Crippen molar-refractivity contribution in [3.63, 3.8) is 0 Å². The van der Waals surface area contributed by atoms with Crippen LogP contribution in [0.3, 0.4) is 0 Å². The Morgan fingerprint density at radius 1 is 1.29 bits per heavy atom. The minimum absolute atomic E-state index is 0.324. The van der Waals surface area contributed by atoms with E-state index in [1.54, 1.807) is 23.7 Å². The Morgan fingerprint density at radius 2 is 2.05 bits per heavy atom. The van der Waals surface area contributed by atoms with Gasteiger partial charge in [-0.1, -0.05) is 30.3 Å². The Bertz CT molecular complexity index is 794. The third kappa shape index (κ3) is 2.27. The van der Waals surface area contributed by atoms with Crippen LogP contribution >= 0.6 is 0 Å². The fourth-order valence-corrected chi connectivity index (χ4v) is 2.29. The summed E-state index contributed by atoms with van der Waals surface area (Å²) in [5, 5.41) is 0. The van der Waals surface area contributed by atoms with E-state index in [2.05, 4.69) is 9.97 Å². The van der Waals surface area contributed by atoms with Gasteiger partial charge in [-0.15, -0.1) is 0 Å². The molecule has 0 atom stereocenters. The maximum Gasteiger partial charge on any atom is 0.357 e. The van der Waals surface area contributed by atoms with Crippen LogP contribution in [0.1, 0.15) is 23.1 Å². The molecule has 0 spiro atoms. The monoisotopic (exact) mass is 281 g/mol. The molecule has 0 saturated heterocycles. The number of hydrogen-bond acceptors (Lipinski definition) is 4. The lowest BCUT2D eigenvalue weighted by Crippen LogP contribution is -2.09. The van der Waals surface area contributed by atoms with Crippen LogP contribution in [0.25, 0.3) is 16.9 Å². The fourth-order valence-electron chi connectivity index (χ4n) is 2.29. The van der Waals surface area contributed by atoms with E-state index < -0.39 is 0 Å². The maximum atomic E-state index is 12.3. The van der Waals surface area contributed by atoms with Crippen molar-refractivity contribution in [1.82, 2.24) is 14.4 Å². The Balaban J connectivity index is 2.30. The number of aromatic nitrogens is 3. The van der Waals surface area contributed by atoms with E-state index in [4.69, 9.17) is 4.74 Å². The van der Waals surface area contributed by atoms with E-state index in [1.165, 1.54) is 0 Å². The van der Waals surface area contributed by atoms with Gasteiger partial charge in [0.2, 0.25) is 0 Å². The Morgan fingerprint density at radius 3 is 2.76 bits per heavy atom. The van der Waals surface area contributed by atoms with Gasteiger partial charge in [0.05, 0.1) is 12.3 Å². The van der Waals surface area contributed by atoms with Gasteiger partial charge in [0.25, 0.3) is 0 Å². The lowest BCUT2D eigenvalue weighted by Gasteiger charge is -2.04. The highest BCUT2D eigenvalue weighted by atomic mass is 16.5. The second-order valence-corrected chi connectivity index (χ2v) is 4.60. The molecule has 2 aromatic heterocycles. The molecule has 0 fully saturated rings. The largest absolute Gasteiger partial charge is 0.461 e. The van der Waals surface area contributed by atoms with E-state index in [1.807, 2.05) is 37.3 Å². The summed E-state index contributed by atoms with van der Waals surface area (Å²) in [4.78, 5) is 21.1. The third-order valence-electron chi connectivity index (χ3n) is 3.23. The van der Waals surface area contributed by atoms with Gasteiger partial charge in [-0.2, -0.15) is 0 Å². The molecule has 0 radical (unpaired) electrons. The first-order valence-electron chi connectivity index (χ1n) is 6.78. The minimum atomic E-state index is -0.380. The van der Waals surface area contributed by atoms with Crippen LogP contribution in [0.5, 0.6) is 0 Å². The van der Waals surface area contributed by atoms with Gasteiger partial charge in [-0.05, 0) is 13.8 Å². The molecule has 5 heteroatoms. The van der Waals surface area contributed by atoms with Crippen LogP contribution in [-0.2, 0) is 4.74 Å². The molecular weight excluding hydrogens is 266 g/mol. The minimum Gasteiger partial charge on any atom is -0.461 e. The van der Waals surface area contributed by atoms with E-state index in [9.17, 15) is 4.79 Å². The number of rotatable bonds is 3. The molecule has 0 bridgehead atoms. The first-order chi connectivity index (χ1) is 10.2. The first kappa shape index (κ1) is 13.3. The highest BCUT2D eigenvalue weighted by molar-refractivity contribution is 5.96. The van der Waals surface area contributed by atoms with Gasteiger partial charge in [-0.25, -0.2) is 9.78 Å². The van der Waals surface area contributed by atoms with Crippen LogP contribution in [0.15, 0.2) is 42.7 Å². The molecular formula is C16H15N3O2. The van der Waals surface area contributed by atoms with Gasteiger partial charge < -0.3 is 4.74 Å². The summed E-state index contributed by atoms with van der Waals surface area (Å²) in [5.41, 5.74) is 3.36. The highest BCUT2D eigenvalue weighted by Crippen LogP contribution is 2.25. The van der Waals surface area contributed by atoms with Gasteiger partial charge >= 0.3 is 5.97 Å². The van der Waals surface area contributed by atoms with E-state index >= 15 is 0 Å². The number of esters is 1. The predicted molar refractivity (Wildman–Crippen MR) is 79.1 cm³/mol. The zero-order chi connectivity index (χ0) is 14.8.